The molecule has 0 fully saturated rings. The predicted molar refractivity (Wildman–Crippen MR) is 69.8 cm³/mol. The topological polar surface area (TPSA) is 77.0 Å². The fourth-order valence-corrected chi connectivity index (χ4v) is 1.95. The number of nitrogens with zero attached hydrogens (tertiary/aromatic N) is 3. The van der Waals surface area contributed by atoms with Gasteiger partial charge >= 0.3 is 0 Å². The van der Waals surface area contributed by atoms with Crippen LogP contribution in [0.4, 0.5) is 5.69 Å². The Balaban J connectivity index is 2.14. The second-order valence-corrected chi connectivity index (χ2v) is 4.27. The molecule has 0 aliphatic heterocycles. The van der Waals surface area contributed by atoms with E-state index in [1.54, 1.807) is 24.7 Å². The SMILES string of the molecule is CCCn1nccc1C(O)Cc1cnccc1N. The largest absolute Gasteiger partial charge is 0.398 e. The van der Waals surface area contributed by atoms with Gasteiger partial charge in [0.1, 0.15) is 0 Å². The quantitative estimate of drug-likeness (QED) is 0.839. The van der Waals surface area contributed by atoms with Crippen LogP contribution in [-0.4, -0.2) is 19.9 Å². The van der Waals surface area contributed by atoms with Crippen LogP contribution in [0.1, 0.15) is 30.7 Å². The summed E-state index contributed by atoms with van der Waals surface area (Å²) in [4.78, 5) is 4.03. The first-order valence-corrected chi connectivity index (χ1v) is 6.10. The van der Waals surface area contributed by atoms with Crippen molar-refractivity contribution in [3.05, 3.63) is 42.0 Å². The summed E-state index contributed by atoms with van der Waals surface area (Å²) >= 11 is 0. The van der Waals surface area contributed by atoms with Gasteiger partial charge in [-0.15, -0.1) is 0 Å². The number of aryl methyl sites for hydroxylation is 1. The highest BCUT2D eigenvalue weighted by molar-refractivity contribution is 5.44. The number of nitrogens with two attached hydrogens (primary N) is 1. The Morgan fingerprint density at radius 3 is 2.94 bits per heavy atom. The molecule has 0 aliphatic carbocycles. The van der Waals surface area contributed by atoms with Crippen LogP contribution in [0, 0.1) is 0 Å². The van der Waals surface area contributed by atoms with E-state index in [-0.39, 0.29) is 0 Å². The molecule has 96 valence electrons. The van der Waals surface area contributed by atoms with E-state index in [1.807, 2.05) is 10.7 Å². The van der Waals surface area contributed by atoms with Gasteiger partial charge in [-0.2, -0.15) is 5.10 Å². The van der Waals surface area contributed by atoms with Crippen LogP contribution in [0.5, 0.6) is 0 Å². The Labute approximate surface area is 106 Å². The summed E-state index contributed by atoms with van der Waals surface area (Å²) in [6.45, 7) is 2.89. The third-order valence-corrected chi connectivity index (χ3v) is 2.88. The van der Waals surface area contributed by atoms with Gasteiger partial charge in [0.25, 0.3) is 0 Å². The highest BCUT2D eigenvalue weighted by atomic mass is 16.3. The van der Waals surface area contributed by atoms with Gasteiger partial charge < -0.3 is 10.8 Å². The van der Waals surface area contributed by atoms with Gasteiger partial charge in [0.2, 0.25) is 0 Å². The minimum Gasteiger partial charge on any atom is -0.398 e. The second kappa shape index (κ2) is 5.64. The number of hydrogen-bond acceptors (Lipinski definition) is 4. The van der Waals surface area contributed by atoms with E-state index in [4.69, 9.17) is 5.73 Å². The fourth-order valence-electron chi connectivity index (χ4n) is 1.95. The Morgan fingerprint density at radius 1 is 1.39 bits per heavy atom. The molecule has 0 saturated heterocycles. The lowest BCUT2D eigenvalue weighted by atomic mass is 10.1. The molecule has 0 amide bonds. The van der Waals surface area contributed by atoms with Gasteiger partial charge in [-0.05, 0) is 24.1 Å². The molecule has 5 heteroatoms. The van der Waals surface area contributed by atoms with Crippen molar-refractivity contribution in [3.63, 3.8) is 0 Å². The maximum atomic E-state index is 10.3. The molecule has 0 aliphatic rings. The number of aliphatic hydroxyl groups is 1. The maximum absolute atomic E-state index is 10.3. The smallest absolute Gasteiger partial charge is 0.0998 e. The third-order valence-electron chi connectivity index (χ3n) is 2.88. The van der Waals surface area contributed by atoms with E-state index in [2.05, 4.69) is 17.0 Å². The zero-order valence-corrected chi connectivity index (χ0v) is 10.5. The molecule has 5 nitrogen and oxygen atoms in total. The molecule has 2 aromatic rings. The summed E-state index contributed by atoms with van der Waals surface area (Å²) < 4.78 is 1.83. The van der Waals surface area contributed by atoms with Crippen LogP contribution < -0.4 is 5.73 Å². The molecule has 0 saturated carbocycles. The lowest BCUT2D eigenvalue weighted by molar-refractivity contribution is 0.166. The summed E-state index contributed by atoms with van der Waals surface area (Å²) in [5, 5.41) is 14.5. The highest BCUT2D eigenvalue weighted by Crippen LogP contribution is 2.21. The molecule has 3 N–H and O–H groups in total. The number of rotatable bonds is 5. The van der Waals surface area contributed by atoms with Gasteiger partial charge in [-0.3, -0.25) is 9.67 Å². The summed E-state index contributed by atoms with van der Waals surface area (Å²) in [6, 6.07) is 3.58. The van der Waals surface area contributed by atoms with Crippen LogP contribution in [0.25, 0.3) is 0 Å². The predicted octanol–water partition coefficient (Wildman–Crippen LogP) is 1.55. The molecule has 18 heavy (non-hydrogen) atoms. The standard InChI is InChI=1S/C13H18N4O/c1-2-7-17-12(4-6-16-17)13(18)8-10-9-15-5-3-11(10)14/h3-6,9,13,18H,2,7-8H2,1H3,(H2,14,15). The van der Waals surface area contributed by atoms with Gasteiger partial charge in [-0.1, -0.05) is 6.92 Å². The third kappa shape index (κ3) is 2.68. The molecule has 0 spiro atoms. The summed E-state index contributed by atoms with van der Waals surface area (Å²) in [5.74, 6) is 0. The second-order valence-electron chi connectivity index (χ2n) is 4.27. The molecular formula is C13H18N4O. The summed E-state index contributed by atoms with van der Waals surface area (Å²) in [7, 11) is 0. The molecule has 2 rings (SSSR count). The molecule has 2 aromatic heterocycles. The summed E-state index contributed by atoms with van der Waals surface area (Å²) in [5.41, 5.74) is 8.18. The maximum Gasteiger partial charge on any atom is 0.0998 e. The zero-order chi connectivity index (χ0) is 13.0. The monoisotopic (exact) mass is 246 g/mol. The first-order chi connectivity index (χ1) is 8.72. The number of pyridine rings is 1. The van der Waals surface area contributed by atoms with Gasteiger partial charge in [0.05, 0.1) is 11.8 Å². The van der Waals surface area contributed by atoms with E-state index in [0.29, 0.717) is 12.1 Å². The molecule has 0 radical (unpaired) electrons. The molecular weight excluding hydrogens is 228 g/mol. The van der Waals surface area contributed by atoms with Crippen molar-refractivity contribution >= 4 is 5.69 Å². The first kappa shape index (κ1) is 12.6. The van der Waals surface area contributed by atoms with E-state index in [9.17, 15) is 5.11 Å². The van der Waals surface area contributed by atoms with Gasteiger partial charge in [0.15, 0.2) is 0 Å². The van der Waals surface area contributed by atoms with Crippen molar-refractivity contribution < 1.29 is 5.11 Å². The van der Waals surface area contributed by atoms with Crippen molar-refractivity contribution in [3.8, 4) is 0 Å². The molecule has 2 heterocycles. The van der Waals surface area contributed by atoms with Crippen LogP contribution in [0.2, 0.25) is 0 Å². The number of anilines is 1. The van der Waals surface area contributed by atoms with Gasteiger partial charge in [0, 0.05) is 37.2 Å². The van der Waals surface area contributed by atoms with Crippen molar-refractivity contribution in [1.82, 2.24) is 14.8 Å². The van der Waals surface area contributed by atoms with Crippen molar-refractivity contribution in [1.29, 1.82) is 0 Å². The average molecular weight is 246 g/mol. The minimum absolute atomic E-state index is 0.453. The number of nitrogen functional groups attached to an aromatic ring is 1. The first-order valence-electron chi connectivity index (χ1n) is 6.10. The van der Waals surface area contributed by atoms with Gasteiger partial charge in [-0.25, -0.2) is 0 Å². The highest BCUT2D eigenvalue weighted by Gasteiger charge is 2.14. The lowest BCUT2D eigenvalue weighted by Crippen LogP contribution is -2.12. The van der Waals surface area contributed by atoms with E-state index < -0.39 is 6.10 Å². The number of hydrogen-bond donors (Lipinski definition) is 2. The molecule has 1 unspecified atom stereocenters. The van der Waals surface area contributed by atoms with Crippen molar-refractivity contribution in [2.45, 2.75) is 32.4 Å². The van der Waals surface area contributed by atoms with Crippen LogP contribution >= 0.6 is 0 Å². The Hall–Kier alpha value is -1.88. The fraction of sp³-hybridized carbons (Fsp3) is 0.385. The normalized spacial score (nSPS) is 12.6. The number of aliphatic hydroxyl groups excluding tert-OH is 1. The van der Waals surface area contributed by atoms with E-state index in [0.717, 1.165) is 24.2 Å². The van der Waals surface area contributed by atoms with Crippen LogP contribution in [0.3, 0.4) is 0 Å². The van der Waals surface area contributed by atoms with Crippen molar-refractivity contribution in [2.75, 3.05) is 5.73 Å². The zero-order valence-electron chi connectivity index (χ0n) is 10.5. The van der Waals surface area contributed by atoms with Crippen LogP contribution in [0.15, 0.2) is 30.7 Å². The molecule has 0 aromatic carbocycles. The molecule has 1 atom stereocenters. The average Bonchev–Trinajstić information content (AvgIpc) is 2.81. The Bertz CT molecular complexity index is 509. The Morgan fingerprint density at radius 2 is 2.22 bits per heavy atom. The minimum atomic E-state index is -0.606. The van der Waals surface area contributed by atoms with Crippen LogP contribution in [-0.2, 0) is 13.0 Å². The number of aromatic nitrogens is 3. The van der Waals surface area contributed by atoms with Crippen molar-refractivity contribution in [2.24, 2.45) is 0 Å². The summed E-state index contributed by atoms with van der Waals surface area (Å²) in [6.07, 6.45) is 5.88. The molecule has 0 bridgehead atoms. The Kier molecular flexibility index (Phi) is 3.94. The van der Waals surface area contributed by atoms with E-state index in [1.165, 1.54) is 0 Å². The lowest BCUT2D eigenvalue weighted by Gasteiger charge is -2.14. The van der Waals surface area contributed by atoms with E-state index >= 15 is 0 Å².